The predicted octanol–water partition coefficient (Wildman–Crippen LogP) is 2.60. The fourth-order valence-electron chi connectivity index (χ4n) is 2.37. The lowest BCUT2D eigenvalue weighted by molar-refractivity contribution is -0.137. The third kappa shape index (κ3) is 3.88. The van der Waals surface area contributed by atoms with Crippen LogP contribution in [0.3, 0.4) is 0 Å². The molecule has 0 N–H and O–H groups in total. The number of aromatic nitrogens is 8. The molecule has 4 rings (SSSR count). The van der Waals surface area contributed by atoms with Crippen LogP contribution in [0.2, 0.25) is 0 Å². The summed E-state index contributed by atoms with van der Waals surface area (Å²) in [5.74, 6) is 1.45. The first-order valence-electron chi connectivity index (χ1n) is 7.87. The van der Waals surface area contributed by atoms with Crippen LogP contribution in [0.5, 0.6) is 0 Å². The van der Waals surface area contributed by atoms with Crippen molar-refractivity contribution in [1.82, 2.24) is 40.4 Å². The Morgan fingerprint density at radius 2 is 1.79 bits per heavy atom. The van der Waals surface area contributed by atoms with Crippen LogP contribution in [0.4, 0.5) is 13.2 Å². The first-order chi connectivity index (χ1) is 13.5. The van der Waals surface area contributed by atoms with Crippen molar-refractivity contribution in [3.05, 3.63) is 59.8 Å². The molecule has 0 atom stereocenters. The van der Waals surface area contributed by atoms with Crippen LogP contribution in [-0.2, 0) is 18.5 Å². The number of thioether (sulfide) groups is 1. The van der Waals surface area contributed by atoms with Crippen molar-refractivity contribution in [1.29, 1.82) is 0 Å². The highest BCUT2D eigenvalue weighted by molar-refractivity contribution is 7.98. The van der Waals surface area contributed by atoms with E-state index in [1.54, 1.807) is 23.1 Å². The van der Waals surface area contributed by atoms with Crippen molar-refractivity contribution in [2.24, 2.45) is 0 Å². The Labute approximate surface area is 159 Å². The molecular formula is C15H11F3N8OS. The summed E-state index contributed by atoms with van der Waals surface area (Å²) in [6.07, 6.45) is -2.84. The monoisotopic (exact) mass is 408 g/mol. The van der Waals surface area contributed by atoms with Gasteiger partial charge >= 0.3 is 6.18 Å². The number of tetrazole rings is 2. The maximum atomic E-state index is 12.7. The van der Waals surface area contributed by atoms with Crippen molar-refractivity contribution in [3.8, 4) is 5.69 Å². The molecule has 0 radical (unpaired) electrons. The second kappa shape index (κ2) is 7.42. The largest absolute Gasteiger partial charge is 0.467 e. The third-order valence-corrected chi connectivity index (χ3v) is 4.64. The van der Waals surface area contributed by atoms with Crippen molar-refractivity contribution < 1.29 is 17.6 Å². The van der Waals surface area contributed by atoms with Gasteiger partial charge in [-0.1, -0.05) is 11.8 Å². The average molecular weight is 408 g/mol. The van der Waals surface area contributed by atoms with E-state index in [2.05, 4.69) is 31.1 Å². The minimum absolute atomic E-state index is 0.312. The molecule has 0 fully saturated rings. The lowest BCUT2D eigenvalue weighted by atomic mass is 10.2. The summed E-state index contributed by atoms with van der Waals surface area (Å²) in [6.45, 7) is 0.367. The molecule has 144 valence electrons. The number of hydrogen-bond acceptors (Lipinski definition) is 8. The summed E-state index contributed by atoms with van der Waals surface area (Å²) in [7, 11) is 0. The van der Waals surface area contributed by atoms with E-state index in [0.29, 0.717) is 34.7 Å². The molecular weight excluding hydrogens is 397 g/mol. The lowest BCUT2D eigenvalue weighted by Gasteiger charge is -2.08. The van der Waals surface area contributed by atoms with Crippen LogP contribution in [0, 0.1) is 0 Å². The zero-order chi connectivity index (χ0) is 19.6. The van der Waals surface area contributed by atoms with Crippen molar-refractivity contribution in [2.45, 2.75) is 23.6 Å². The third-order valence-electron chi connectivity index (χ3n) is 3.69. The van der Waals surface area contributed by atoms with Gasteiger partial charge in [-0.2, -0.15) is 17.9 Å². The molecule has 3 heterocycles. The van der Waals surface area contributed by atoms with Crippen molar-refractivity contribution >= 4 is 11.8 Å². The van der Waals surface area contributed by atoms with Crippen LogP contribution >= 0.6 is 11.8 Å². The molecule has 0 saturated heterocycles. The average Bonchev–Trinajstić information content (AvgIpc) is 3.42. The van der Waals surface area contributed by atoms with Gasteiger partial charge in [0.05, 0.1) is 23.3 Å². The highest BCUT2D eigenvalue weighted by atomic mass is 32.2. The van der Waals surface area contributed by atoms with Crippen LogP contribution in [-0.4, -0.2) is 40.4 Å². The van der Waals surface area contributed by atoms with E-state index in [1.807, 2.05) is 0 Å². The fraction of sp³-hybridized carbons (Fsp3) is 0.200. The minimum Gasteiger partial charge on any atom is -0.467 e. The van der Waals surface area contributed by atoms with Gasteiger partial charge in [-0.3, -0.25) is 0 Å². The number of furan rings is 1. The highest BCUT2D eigenvalue weighted by Gasteiger charge is 2.30. The number of benzene rings is 1. The summed E-state index contributed by atoms with van der Waals surface area (Å²) < 4.78 is 46.4. The zero-order valence-electron chi connectivity index (χ0n) is 14.0. The second-order valence-electron chi connectivity index (χ2n) is 5.54. The maximum Gasteiger partial charge on any atom is 0.416 e. The quantitative estimate of drug-likeness (QED) is 0.449. The van der Waals surface area contributed by atoms with Crippen molar-refractivity contribution in [2.75, 3.05) is 0 Å². The Kier molecular flexibility index (Phi) is 4.81. The summed E-state index contributed by atoms with van der Waals surface area (Å²) in [6, 6.07) is 8.17. The van der Waals surface area contributed by atoms with Crippen LogP contribution in [0.25, 0.3) is 5.69 Å². The highest BCUT2D eigenvalue weighted by Crippen LogP contribution is 2.29. The van der Waals surface area contributed by atoms with Gasteiger partial charge in [-0.15, -0.1) is 10.2 Å². The minimum atomic E-state index is -4.40. The normalized spacial score (nSPS) is 11.8. The van der Waals surface area contributed by atoms with Gasteiger partial charge in [-0.05, 0) is 57.3 Å². The summed E-state index contributed by atoms with van der Waals surface area (Å²) in [5.41, 5.74) is -0.318. The number of rotatable bonds is 6. The predicted molar refractivity (Wildman–Crippen MR) is 89.3 cm³/mol. The first kappa shape index (κ1) is 18.2. The Bertz CT molecular complexity index is 1040. The topological polar surface area (TPSA) is 100 Å². The number of alkyl halides is 3. The molecule has 3 aromatic heterocycles. The maximum absolute atomic E-state index is 12.7. The molecule has 0 unspecified atom stereocenters. The number of halogens is 3. The Morgan fingerprint density at radius 3 is 2.50 bits per heavy atom. The number of hydrogen-bond donors (Lipinski definition) is 0. The molecule has 0 aliphatic heterocycles. The lowest BCUT2D eigenvalue weighted by Crippen LogP contribution is -2.07. The zero-order valence-corrected chi connectivity index (χ0v) is 14.8. The molecule has 0 spiro atoms. The Hall–Kier alpha value is -3.22. The van der Waals surface area contributed by atoms with Crippen LogP contribution in [0.15, 0.2) is 52.2 Å². The molecule has 0 saturated carbocycles. The molecule has 1 aromatic carbocycles. The second-order valence-corrected chi connectivity index (χ2v) is 6.48. The van der Waals surface area contributed by atoms with E-state index in [4.69, 9.17) is 4.42 Å². The molecule has 28 heavy (non-hydrogen) atoms. The van der Waals surface area contributed by atoms with Gasteiger partial charge in [0, 0.05) is 0 Å². The number of nitrogens with zero attached hydrogens (tertiary/aromatic N) is 8. The first-order valence-corrected chi connectivity index (χ1v) is 8.85. The molecule has 0 aliphatic rings. The van der Waals surface area contributed by atoms with E-state index < -0.39 is 11.7 Å². The molecule has 4 aromatic rings. The molecule has 9 nitrogen and oxygen atoms in total. The van der Waals surface area contributed by atoms with E-state index in [1.165, 1.54) is 28.6 Å². The van der Waals surface area contributed by atoms with Gasteiger partial charge < -0.3 is 4.42 Å². The van der Waals surface area contributed by atoms with Gasteiger partial charge in [0.1, 0.15) is 12.3 Å². The SMILES string of the molecule is FC(F)(F)c1ccc(-n2nnnc2CSc2nnnn2Cc2ccco2)cc1. The van der Waals surface area contributed by atoms with Crippen LogP contribution < -0.4 is 0 Å². The van der Waals surface area contributed by atoms with Gasteiger partial charge in [0.15, 0.2) is 5.82 Å². The molecule has 0 aliphatic carbocycles. The fourth-order valence-corrected chi connectivity index (χ4v) is 3.15. The van der Waals surface area contributed by atoms with E-state index in [0.717, 1.165) is 12.1 Å². The smallest absolute Gasteiger partial charge is 0.416 e. The molecule has 0 amide bonds. The van der Waals surface area contributed by atoms with E-state index >= 15 is 0 Å². The van der Waals surface area contributed by atoms with E-state index in [9.17, 15) is 13.2 Å². The molecule has 0 bridgehead atoms. The van der Waals surface area contributed by atoms with Crippen molar-refractivity contribution in [3.63, 3.8) is 0 Å². The van der Waals surface area contributed by atoms with Gasteiger partial charge in [0.25, 0.3) is 0 Å². The van der Waals surface area contributed by atoms with Gasteiger partial charge in [0.2, 0.25) is 5.16 Å². The van der Waals surface area contributed by atoms with E-state index in [-0.39, 0.29) is 0 Å². The Balaban J connectivity index is 1.48. The summed E-state index contributed by atoms with van der Waals surface area (Å²) in [4.78, 5) is 0. The summed E-state index contributed by atoms with van der Waals surface area (Å²) in [5, 5.41) is 23.4. The Morgan fingerprint density at radius 1 is 1.00 bits per heavy atom. The van der Waals surface area contributed by atoms with Gasteiger partial charge in [-0.25, -0.2) is 4.68 Å². The molecule has 13 heteroatoms. The standard InChI is InChI=1S/C15H11F3N8OS/c16-15(17,18)10-3-5-11(6-4-10)26-13(19-21-24-26)9-28-14-20-22-23-25(14)8-12-2-1-7-27-12/h1-7H,8-9H2. The van der Waals surface area contributed by atoms with Crippen LogP contribution in [0.1, 0.15) is 17.1 Å². The summed E-state index contributed by atoms with van der Waals surface area (Å²) >= 11 is 1.29.